The fraction of sp³-hybridized carbons (Fsp3) is 0.417. The molecule has 0 aliphatic rings. The minimum absolute atomic E-state index is 0.0126. The molecule has 0 fully saturated rings. The average molecular weight is 286 g/mol. The van der Waals surface area contributed by atoms with Crippen molar-refractivity contribution in [2.24, 2.45) is 0 Å². The molecule has 1 unspecified atom stereocenters. The number of esters is 1. The molecule has 0 bridgehead atoms. The summed E-state index contributed by atoms with van der Waals surface area (Å²) in [5.74, 6) is -0.569. The van der Waals surface area contributed by atoms with Crippen molar-refractivity contribution in [1.29, 1.82) is 0 Å². The number of ether oxygens (including phenoxy) is 1. The summed E-state index contributed by atoms with van der Waals surface area (Å²) in [5, 5.41) is 2.93. The third-order valence-electron chi connectivity index (χ3n) is 2.64. The number of benzene rings is 1. The summed E-state index contributed by atoms with van der Waals surface area (Å²) in [6, 6.07) is 5.74. The van der Waals surface area contributed by atoms with E-state index in [0.717, 1.165) is 0 Å². The fourth-order valence-electron chi connectivity index (χ4n) is 1.33. The first-order valence-electron chi connectivity index (χ1n) is 5.76. The van der Waals surface area contributed by atoms with Crippen LogP contribution in [-0.2, 0) is 14.8 Å². The van der Waals surface area contributed by atoms with Crippen LogP contribution in [0.25, 0.3) is 0 Å². The summed E-state index contributed by atoms with van der Waals surface area (Å²) < 4.78 is 31.1. The molecule has 0 aliphatic carbocycles. The lowest BCUT2D eigenvalue weighted by molar-refractivity contribution is 0.0600. The normalized spacial score (nSPS) is 13.0. The molecule has 0 amide bonds. The molecule has 0 radical (unpaired) electrons. The van der Waals surface area contributed by atoms with Crippen LogP contribution in [0.4, 0.5) is 0 Å². The van der Waals surface area contributed by atoms with Gasteiger partial charge in [-0.05, 0) is 32.2 Å². The van der Waals surface area contributed by atoms with Crippen LogP contribution < -0.4 is 10.0 Å². The minimum atomic E-state index is -3.63. The standard InChI is InChI=1S/C12H18N2O4S/c1-9(13-2)8-14-19(16,17)11-6-4-5-10(7-11)12(15)18-3/h4-7,9,13-14H,8H2,1-3H3. The second kappa shape index (κ2) is 6.65. The summed E-state index contributed by atoms with van der Waals surface area (Å²) in [4.78, 5) is 11.4. The minimum Gasteiger partial charge on any atom is -0.465 e. The van der Waals surface area contributed by atoms with E-state index in [1.807, 2.05) is 6.92 Å². The zero-order valence-corrected chi connectivity index (χ0v) is 12.0. The van der Waals surface area contributed by atoms with Gasteiger partial charge in [0.15, 0.2) is 0 Å². The lowest BCUT2D eigenvalue weighted by Gasteiger charge is -2.12. The predicted octanol–water partition coefficient (Wildman–Crippen LogP) is 0.359. The van der Waals surface area contributed by atoms with Crippen LogP contribution in [0, 0.1) is 0 Å². The smallest absolute Gasteiger partial charge is 0.337 e. The van der Waals surface area contributed by atoms with E-state index >= 15 is 0 Å². The molecule has 0 aliphatic heterocycles. The van der Waals surface area contributed by atoms with Crippen LogP contribution in [0.1, 0.15) is 17.3 Å². The third kappa shape index (κ3) is 4.30. The molecule has 0 heterocycles. The first-order chi connectivity index (χ1) is 8.90. The van der Waals surface area contributed by atoms with Crippen molar-refractivity contribution in [3.8, 4) is 0 Å². The van der Waals surface area contributed by atoms with Gasteiger partial charge in [-0.2, -0.15) is 0 Å². The Balaban J connectivity index is 2.92. The molecule has 0 saturated carbocycles. The van der Waals surface area contributed by atoms with E-state index in [2.05, 4.69) is 14.8 Å². The highest BCUT2D eigenvalue weighted by Gasteiger charge is 2.16. The van der Waals surface area contributed by atoms with E-state index in [4.69, 9.17) is 0 Å². The van der Waals surface area contributed by atoms with Crippen molar-refractivity contribution < 1.29 is 17.9 Å². The van der Waals surface area contributed by atoms with Crippen LogP contribution in [0.3, 0.4) is 0 Å². The van der Waals surface area contributed by atoms with Crippen molar-refractivity contribution in [1.82, 2.24) is 10.0 Å². The number of hydrogen-bond donors (Lipinski definition) is 2. The second-order valence-electron chi connectivity index (χ2n) is 4.06. The Morgan fingerprint density at radius 1 is 1.42 bits per heavy atom. The summed E-state index contributed by atoms with van der Waals surface area (Å²) in [6.45, 7) is 2.12. The molecule has 6 nitrogen and oxygen atoms in total. The average Bonchev–Trinajstić information content (AvgIpc) is 2.44. The van der Waals surface area contributed by atoms with E-state index < -0.39 is 16.0 Å². The van der Waals surface area contributed by atoms with Crippen molar-refractivity contribution >= 4 is 16.0 Å². The Hall–Kier alpha value is -1.44. The maximum Gasteiger partial charge on any atom is 0.337 e. The summed E-state index contributed by atoms with van der Waals surface area (Å²) in [7, 11) is -0.634. The number of carbonyl (C=O) groups excluding carboxylic acids is 1. The van der Waals surface area contributed by atoms with Crippen LogP contribution >= 0.6 is 0 Å². The molecule has 106 valence electrons. The van der Waals surface area contributed by atoms with E-state index in [0.29, 0.717) is 0 Å². The highest BCUT2D eigenvalue weighted by Crippen LogP contribution is 2.12. The monoisotopic (exact) mass is 286 g/mol. The van der Waals surface area contributed by atoms with Gasteiger partial charge in [0.2, 0.25) is 10.0 Å². The van der Waals surface area contributed by atoms with Gasteiger partial charge in [-0.3, -0.25) is 0 Å². The maximum absolute atomic E-state index is 12.0. The first kappa shape index (κ1) is 15.6. The molecular formula is C12H18N2O4S. The van der Waals surface area contributed by atoms with Crippen LogP contribution in [0.15, 0.2) is 29.2 Å². The lowest BCUT2D eigenvalue weighted by atomic mass is 10.2. The predicted molar refractivity (Wildman–Crippen MR) is 71.5 cm³/mol. The molecule has 1 atom stereocenters. The molecule has 0 aromatic heterocycles. The molecular weight excluding hydrogens is 268 g/mol. The largest absolute Gasteiger partial charge is 0.465 e. The van der Waals surface area contributed by atoms with Crippen molar-refractivity contribution in [2.45, 2.75) is 17.9 Å². The van der Waals surface area contributed by atoms with Crippen molar-refractivity contribution in [2.75, 3.05) is 20.7 Å². The van der Waals surface area contributed by atoms with Gasteiger partial charge in [0.05, 0.1) is 17.6 Å². The number of carbonyl (C=O) groups is 1. The fourth-order valence-corrected chi connectivity index (χ4v) is 2.50. The molecule has 0 saturated heterocycles. The molecule has 1 aromatic carbocycles. The number of sulfonamides is 1. The second-order valence-corrected chi connectivity index (χ2v) is 5.83. The van der Waals surface area contributed by atoms with Gasteiger partial charge in [-0.1, -0.05) is 6.07 Å². The van der Waals surface area contributed by atoms with Gasteiger partial charge in [0, 0.05) is 12.6 Å². The SMILES string of the molecule is CNC(C)CNS(=O)(=O)c1cccc(C(=O)OC)c1. The van der Waals surface area contributed by atoms with Gasteiger partial charge in [-0.25, -0.2) is 17.9 Å². The van der Waals surface area contributed by atoms with Gasteiger partial charge in [-0.15, -0.1) is 0 Å². The number of hydrogen-bond acceptors (Lipinski definition) is 5. The Labute approximate surface area is 113 Å². The molecule has 7 heteroatoms. The Bertz CT molecular complexity index is 542. The Kier molecular flexibility index (Phi) is 5.46. The van der Waals surface area contributed by atoms with E-state index in [1.165, 1.54) is 31.4 Å². The lowest BCUT2D eigenvalue weighted by Crippen LogP contribution is -2.37. The summed E-state index contributed by atoms with van der Waals surface area (Å²) >= 11 is 0. The van der Waals surface area contributed by atoms with Crippen LogP contribution in [0.2, 0.25) is 0 Å². The Morgan fingerprint density at radius 3 is 2.68 bits per heavy atom. The van der Waals surface area contributed by atoms with E-state index in [1.54, 1.807) is 7.05 Å². The third-order valence-corrected chi connectivity index (χ3v) is 4.06. The number of likely N-dealkylation sites (N-methyl/N-ethyl adjacent to an activating group) is 1. The summed E-state index contributed by atoms with van der Waals surface area (Å²) in [6.07, 6.45) is 0. The Morgan fingerprint density at radius 2 is 2.11 bits per heavy atom. The molecule has 0 spiro atoms. The zero-order chi connectivity index (χ0) is 14.5. The molecule has 2 N–H and O–H groups in total. The number of rotatable bonds is 6. The van der Waals surface area contributed by atoms with Gasteiger partial charge in [0.25, 0.3) is 0 Å². The summed E-state index contributed by atoms with van der Waals surface area (Å²) in [5.41, 5.74) is 0.201. The highest BCUT2D eigenvalue weighted by molar-refractivity contribution is 7.89. The van der Waals surface area contributed by atoms with E-state index in [-0.39, 0.29) is 23.0 Å². The molecule has 1 aromatic rings. The maximum atomic E-state index is 12.0. The zero-order valence-electron chi connectivity index (χ0n) is 11.1. The van der Waals surface area contributed by atoms with Gasteiger partial charge >= 0.3 is 5.97 Å². The first-order valence-corrected chi connectivity index (χ1v) is 7.24. The van der Waals surface area contributed by atoms with Crippen molar-refractivity contribution in [3.05, 3.63) is 29.8 Å². The number of nitrogens with one attached hydrogen (secondary N) is 2. The van der Waals surface area contributed by atoms with Gasteiger partial charge in [0.1, 0.15) is 0 Å². The van der Waals surface area contributed by atoms with Crippen LogP contribution in [-0.4, -0.2) is 41.1 Å². The molecule has 1 rings (SSSR count). The van der Waals surface area contributed by atoms with Crippen LogP contribution in [0.5, 0.6) is 0 Å². The quantitative estimate of drug-likeness (QED) is 0.738. The number of methoxy groups -OCH3 is 1. The van der Waals surface area contributed by atoms with Crippen molar-refractivity contribution in [3.63, 3.8) is 0 Å². The highest BCUT2D eigenvalue weighted by atomic mass is 32.2. The molecule has 19 heavy (non-hydrogen) atoms. The topological polar surface area (TPSA) is 84.5 Å². The van der Waals surface area contributed by atoms with E-state index in [9.17, 15) is 13.2 Å². The van der Waals surface area contributed by atoms with Gasteiger partial charge < -0.3 is 10.1 Å².